The zero-order valence-corrected chi connectivity index (χ0v) is 12.7. The fourth-order valence-electron chi connectivity index (χ4n) is 3.26. The summed E-state index contributed by atoms with van der Waals surface area (Å²) in [7, 11) is 2.63. The van der Waals surface area contributed by atoms with Gasteiger partial charge in [0.2, 0.25) is 0 Å². The molecule has 2 aliphatic rings. The standard InChI is InChI=1S/C15H17N4P/c1-9-8-12-13-11(16-9)6-5-10-4-2-3-7-19(10)14(13)18-15(20)17-12/h5-6,8,10H,2-4,7,20H2,1H3/t10-/m0/s1. The Kier molecular flexibility index (Phi) is 2.74. The number of aryl methyl sites for hydroxylation is 1. The second kappa shape index (κ2) is 4.49. The molecule has 1 saturated heterocycles. The van der Waals surface area contributed by atoms with Gasteiger partial charge in [0.1, 0.15) is 11.4 Å². The monoisotopic (exact) mass is 284 g/mol. The molecule has 0 spiro atoms. The lowest BCUT2D eigenvalue weighted by Crippen LogP contribution is -2.39. The van der Waals surface area contributed by atoms with E-state index in [4.69, 9.17) is 4.98 Å². The van der Waals surface area contributed by atoms with Gasteiger partial charge in [-0.2, -0.15) is 0 Å². The minimum absolute atomic E-state index is 0.445. The van der Waals surface area contributed by atoms with Gasteiger partial charge < -0.3 is 4.90 Å². The Morgan fingerprint density at radius 3 is 3.05 bits per heavy atom. The third-order valence-electron chi connectivity index (χ3n) is 4.13. The van der Waals surface area contributed by atoms with Crippen LogP contribution < -0.4 is 10.5 Å². The molecule has 20 heavy (non-hydrogen) atoms. The minimum Gasteiger partial charge on any atom is -0.349 e. The largest absolute Gasteiger partial charge is 0.349 e. The van der Waals surface area contributed by atoms with Crippen molar-refractivity contribution in [1.82, 2.24) is 15.0 Å². The average molecular weight is 284 g/mol. The Hall–Kier alpha value is -1.54. The van der Waals surface area contributed by atoms with Crippen molar-refractivity contribution in [3.8, 4) is 0 Å². The normalized spacial score (nSPS) is 20.9. The van der Waals surface area contributed by atoms with E-state index >= 15 is 0 Å². The minimum atomic E-state index is 0.445. The Labute approximate surface area is 120 Å². The van der Waals surface area contributed by atoms with Crippen LogP contribution in [0.4, 0.5) is 5.82 Å². The highest BCUT2D eigenvalue weighted by Gasteiger charge is 2.27. The van der Waals surface area contributed by atoms with Crippen LogP contribution in [0.25, 0.3) is 17.0 Å². The number of anilines is 1. The summed E-state index contributed by atoms with van der Waals surface area (Å²) in [5.41, 5.74) is 3.77. The van der Waals surface area contributed by atoms with Crippen molar-refractivity contribution in [2.75, 3.05) is 11.4 Å². The lowest BCUT2D eigenvalue weighted by atomic mass is 10.0. The molecule has 1 unspecified atom stereocenters. The van der Waals surface area contributed by atoms with Crippen LogP contribution in [-0.4, -0.2) is 27.5 Å². The summed E-state index contributed by atoms with van der Waals surface area (Å²) in [6.45, 7) is 3.09. The number of rotatable bonds is 0. The van der Waals surface area contributed by atoms with Gasteiger partial charge in [-0.25, -0.2) is 9.97 Å². The maximum Gasteiger partial charge on any atom is 0.147 e. The summed E-state index contributed by atoms with van der Waals surface area (Å²) in [4.78, 5) is 16.4. The number of hydrogen-bond acceptors (Lipinski definition) is 4. The van der Waals surface area contributed by atoms with Crippen LogP contribution in [0.1, 0.15) is 30.7 Å². The van der Waals surface area contributed by atoms with Crippen LogP contribution in [-0.2, 0) is 0 Å². The molecule has 0 bridgehead atoms. The van der Waals surface area contributed by atoms with Gasteiger partial charge in [-0.1, -0.05) is 15.3 Å². The first-order chi connectivity index (χ1) is 9.72. The number of nitrogens with zero attached hydrogens (tertiary/aromatic N) is 4. The van der Waals surface area contributed by atoms with E-state index in [0.29, 0.717) is 6.04 Å². The molecule has 0 amide bonds. The SMILES string of the molecule is Cc1cc2nc(P)nc3c2c(n1)C=C[C@@H]1CCCCN31. The fraction of sp³-hybridized carbons (Fsp3) is 0.400. The van der Waals surface area contributed by atoms with Crippen LogP contribution in [0.3, 0.4) is 0 Å². The van der Waals surface area contributed by atoms with Gasteiger partial charge in [-0.05, 0) is 38.3 Å². The van der Waals surface area contributed by atoms with Crippen molar-refractivity contribution in [3.63, 3.8) is 0 Å². The molecule has 2 atom stereocenters. The van der Waals surface area contributed by atoms with E-state index in [1.807, 2.05) is 6.92 Å². The topological polar surface area (TPSA) is 41.9 Å². The molecular weight excluding hydrogens is 267 g/mol. The Morgan fingerprint density at radius 1 is 1.25 bits per heavy atom. The summed E-state index contributed by atoms with van der Waals surface area (Å²) in [6.07, 6.45) is 8.15. The number of pyridine rings is 1. The predicted octanol–water partition coefficient (Wildman–Crippen LogP) is 2.22. The van der Waals surface area contributed by atoms with Gasteiger partial charge in [0.25, 0.3) is 0 Å². The molecule has 2 aliphatic heterocycles. The summed E-state index contributed by atoms with van der Waals surface area (Å²) in [6, 6.07) is 2.50. The van der Waals surface area contributed by atoms with Gasteiger partial charge in [0.15, 0.2) is 0 Å². The fourth-order valence-corrected chi connectivity index (χ4v) is 3.52. The van der Waals surface area contributed by atoms with Crippen molar-refractivity contribution in [2.45, 2.75) is 32.2 Å². The molecule has 4 rings (SSSR count). The zero-order chi connectivity index (χ0) is 13.7. The maximum atomic E-state index is 4.70. The molecule has 0 saturated carbocycles. The molecule has 4 heterocycles. The van der Waals surface area contributed by atoms with Gasteiger partial charge in [0, 0.05) is 18.3 Å². The van der Waals surface area contributed by atoms with Gasteiger partial charge in [-0.3, -0.25) is 4.98 Å². The van der Waals surface area contributed by atoms with Crippen LogP contribution in [0.2, 0.25) is 0 Å². The third kappa shape index (κ3) is 1.82. The van der Waals surface area contributed by atoms with E-state index in [9.17, 15) is 0 Å². The van der Waals surface area contributed by atoms with E-state index < -0.39 is 0 Å². The maximum absolute atomic E-state index is 4.70. The molecule has 0 N–H and O–H groups in total. The quantitative estimate of drug-likeness (QED) is 0.696. The Morgan fingerprint density at radius 2 is 2.15 bits per heavy atom. The smallest absolute Gasteiger partial charge is 0.147 e. The molecular formula is C15H17N4P. The first kappa shape index (κ1) is 12.2. The first-order valence-electron chi connectivity index (χ1n) is 7.12. The van der Waals surface area contributed by atoms with Crippen LogP contribution in [0.15, 0.2) is 12.1 Å². The highest BCUT2D eigenvalue weighted by molar-refractivity contribution is 7.26. The van der Waals surface area contributed by atoms with Crippen molar-refractivity contribution in [1.29, 1.82) is 0 Å². The molecule has 0 aliphatic carbocycles. The first-order valence-corrected chi connectivity index (χ1v) is 7.70. The number of piperidine rings is 1. The third-order valence-corrected chi connectivity index (χ3v) is 4.39. The Balaban J connectivity index is 2.07. The number of fused-ring (bicyclic) bond motifs is 2. The van der Waals surface area contributed by atoms with Gasteiger partial charge in [-0.15, -0.1) is 0 Å². The van der Waals surface area contributed by atoms with E-state index in [1.54, 1.807) is 0 Å². The highest BCUT2D eigenvalue weighted by Crippen LogP contribution is 2.34. The molecule has 0 aromatic carbocycles. The Bertz CT molecular complexity index is 720. The molecule has 1 fully saturated rings. The molecule has 4 nitrogen and oxygen atoms in total. The highest BCUT2D eigenvalue weighted by atomic mass is 31.0. The summed E-state index contributed by atoms with van der Waals surface area (Å²) >= 11 is 0. The summed E-state index contributed by atoms with van der Waals surface area (Å²) in [5, 5.41) is 1.10. The van der Waals surface area contributed by atoms with E-state index in [0.717, 1.165) is 40.2 Å². The van der Waals surface area contributed by atoms with Gasteiger partial charge >= 0.3 is 0 Å². The molecule has 0 radical (unpaired) electrons. The summed E-state index contributed by atoms with van der Waals surface area (Å²) < 4.78 is 0. The van der Waals surface area contributed by atoms with Crippen molar-refractivity contribution in [3.05, 3.63) is 23.5 Å². The lowest BCUT2D eigenvalue weighted by molar-refractivity contribution is 0.514. The summed E-state index contributed by atoms with van der Waals surface area (Å²) in [5.74, 6) is 1.05. The van der Waals surface area contributed by atoms with Crippen LogP contribution in [0, 0.1) is 6.92 Å². The van der Waals surface area contributed by atoms with Crippen LogP contribution >= 0.6 is 9.24 Å². The molecule has 102 valence electrons. The average Bonchev–Trinajstić information content (AvgIpc) is 2.57. The second-order valence-electron chi connectivity index (χ2n) is 5.56. The second-order valence-corrected chi connectivity index (χ2v) is 6.08. The van der Waals surface area contributed by atoms with E-state index in [-0.39, 0.29) is 0 Å². The molecule has 2 aromatic heterocycles. The lowest BCUT2D eigenvalue weighted by Gasteiger charge is -2.34. The zero-order valence-electron chi connectivity index (χ0n) is 11.5. The predicted molar refractivity (Wildman–Crippen MR) is 85.4 cm³/mol. The molecule has 2 aromatic rings. The number of hydrogen-bond donors (Lipinski definition) is 0. The molecule has 5 heteroatoms. The van der Waals surface area contributed by atoms with Crippen molar-refractivity contribution >= 4 is 37.6 Å². The van der Waals surface area contributed by atoms with Crippen LogP contribution in [0.5, 0.6) is 0 Å². The van der Waals surface area contributed by atoms with Gasteiger partial charge in [0.05, 0.1) is 16.6 Å². The van der Waals surface area contributed by atoms with Crippen molar-refractivity contribution in [2.24, 2.45) is 0 Å². The van der Waals surface area contributed by atoms with Crippen molar-refractivity contribution < 1.29 is 0 Å². The van der Waals surface area contributed by atoms with E-state index in [1.165, 1.54) is 19.3 Å². The number of aromatic nitrogens is 3. The van der Waals surface area contributed by atoms with E-state index in [2.05, 4.69) is 42.3 Å².